The molecule has 3 rings (SSSR count). The molecule has 0 aliphatic heterocycles. The number of benzene rings is 2. The van der Waals surface area contributed by atoms with Gasteiger partial charge in [-0.1, -0.05) is 29.8 Å². The summed E-state index contributed by atoms with van der Waals surface area (Å²) in [5, 5.41) is 10.1. The van der Waals surface area contributed by atoms with Gasteiger partial charge in [-0.25, -0.2) is 9.78 Å². The lowest BCUT2D eigenvalue weighted by Gasteiger charge is -2.14. The van der Waals surface area contributed by atoms with Gasteiger partial charge in [0.25, 0.3) is 0 Å². The predicted molar refractivity (Wildman–Crippen MR) is 88.9 cm³/mol. The minimum atomic E-state index is -4.58. The maximum absolute atomic E-state index is 13.3. The van der Waals surface area contributed by atoms with Gasteiger partial charge in [-0.2, -0.15) is 13.2 Å². The van der Waals surface area contributed by atoms with Gasteiger partial charge in [-0.3, -0.25) is 0 Å². The number of aromatic nitrogens is 1. The highest BCUT2D eigenvalue weighted by Crippen LogP contribution is 2.38. The Morgan fingerprint density at radius 2 is 1.84 bits per heavy atom. The van der Waals surface area contributed by atoms with Gasteiger partial charge in [-0.15, -0.1) is 0 Å². The second kappa shape index (κ2) is 6.04. The first kappa shape index (κ1) is 17.2. The number of nitrogens with zero attached hydrogens (tertiary/aromatic N) is 1. The predicted octanol–water partition coefficient (Wildman–Crippen LogP) is 5.58. The molecule has 1 heterocycles. The second-order valence-electron chi connectivity index (χ2n) is 5.52. The van der Waals surface area contributed by atoms with Crippen molar-refractivity contribution in [2.75, 3.05) is 0 Å². The first-order valence-corrected chi connectivity index (χ1v) is 7.57. The van der Waals surface area contributed by atoms with Crippen molar-refractivity contribution in [2.24, 2.45) is 0 Å². The van der Waals surface area contributed by atoms with Crippen LogP contribution >= 0.6 is 11.6 Å². The van der Waals surface area contributed by atoms with E-state index in [0.29, 0.717) is 16.1 Å². The van der Waals surface area contributed by atoms with Crippen molar-refractivity contribution in [3.05, 3.63) is 64.2 Å². The van der Waals surface area contributed by atoms with E-state index in [9.17, 15) is 23.1 Å². The molecule has 0 fully saturated rings. The van der Waals surface area contributed by atoms with Crippen molar-refractivity contribution in [3.8, 4) is 11.3 Å². The normalized spacial score (nSPS) is 11.7. The summed E-state index contributed by atoms with van der Waals surface area (Å²) in [6.45, 7) is 1.67. The van der Waals surface area contributed by atoms with Crippen molar-refractivity contribution in [1.82, 2.24) is 4.98 Å². The summed E-state index contributed by atoms with van der Waals surface area (Å²) in [7, 11) is 0. The van der Waals surface area contributed by atoms with Crippen LogP contribution in [0.4, 0.5) is 13.2 Å². The van der Waals surface area contributed by atoms with Gasteiger partial charge < -0.3 is 5.11 Å². The fourth-order valence-electron chi connectivity index (χ4n) is 2.73. The van der Waals surface area contributed by atoms with Crippen LogP contribution in [0.5, 0.6) is 0 Å². The molecule has 7 heteroatoms. The number of hydrogen-bond donors (Lipinski definition) is 1. The average molecular weight is 366 g/mol. The number of alkyl halides is 3. The Hall–Kier alpha value is -2.60. The number of pyridine rings is 1. The molecule has 0 amide bonds. The van der Waals surface area contributed by atoms with Gasteiger partial charge in [0.1, 0.15) is 0 Å². The zero-order valence-corrected chi connectivity index (χ0v) is 13.6. The smallest absolute Gasteiger partial charge is 0.417 e. The number of fused-ring (bicyclic) bond motifs is 1. The van der Waals surface area contributed by atoms with E-state index in [0.717, 1.165) is 12.1 Å². The molecule has 25 heavy (non-hydrogen) atoms. The van der Waals surface area contributed by atoms with Crippen LogP contribution in [0.25, 0.3) is 22.2 Å². The standard InChI is InChI=1S/C18H11ClF3NO2/c1-9-6-10(19)7-12-13(17(24)25)8-15(23-16(9)12)11-4-2-3-5-14(11)18(20,21)22/h2-8H,1H3,(H,24,25). The minimum Gasteiger partial charge on any atom is -0.478 e. The molecule has 3 nitrogen and oxygen atoms in total. The van der Waals surface area contributed by atoms with Gasteiger partial charge in [0.15, 0.2) is 0 Å². The Kier molecular flexibility index (Phi) is 4.16. The molecular formula is C18H11ClF3NO2. The molecule has 0 atom stereocenters. The Morgan fingerprint density at radius 1 is 1.16 bits per heavy atom. The van der Waals surface area contributed by atoms with Crippen LogP contribution in [0.1, 0.15) is 21.5 Å². The van der Waals surface area contributed by atoms with Crippen LogP contribution in [0.2, 0.25) is 5.02 Å². The highest BCUT2D eigenvalue weighted by atomic mass is 35.5. The maximum Gasteiger partial charge on any atom is 0.417 e. The molecule has 1 aromatic heterocycles. The Morgan fingerprint density at radius 3 is 2.48 bits per heavy atom. The highest BCUT2D eigenvalue weighted by Gasteiger charge is 2.34. The third-order valence-electron chi connectivity index (χ3n) is 3.81. The molecule has 2 aromatic carbocycles. The third-order valence-corrected chi connectivity index (χ3v) is 4.03. The molecular weight excluding hydrogens is 355 g/mol. The first-order chi connectivity index (χ1) is 11.7. The third kappa shape index (κ3) is 3.17. The number of rotatable bonds is 2. The Balaban J connectivity index is 2.39. The Bertz CT molecular complexity index is 1000. The number of aryl methyl sites for hydroxylation is 1. The van der Waals surface area contributed by atoms with E-state index in [1.807, 2.05) is 0 Å². The number of halogens is 4. The lowest BCUT2D eigenvalue weighted by atomic mass is 9.99. The maximum atomic E-state index is 13.3. The van der Waals surface area contributed by atoms with Gasteiger partial charge in [0.2, 0.25) is 0 Å². The van der Waals surface area contributed by atoms with Crippen molar-refractivity contribution in [1.29, 1.82) is 0 Å². The lowest BCUT2D eigenvalue weighted by molar-refractivity contribution is -0.137. The number of carboxylic acids is 1. The first-order valence-electron chi connectivity index (χ1n) is 7.19. The number of hydrogen-bond acceptors (Lipinski definition) is 2. The molecule has 1 N–H and O–H groups in total. The fraction of sp³-hybridized carbons (Fsp3) is 0.111. The average Bonchev–Trinajstić information content (AvgIpc) is 2.53. The van der Waals surface area contributed by atoms with Crippen molar-refractivity contribution >= 4 is 28.5 Å². The van der Waals surface area contributed by atoms with Crippen molar-refractivity contribution < 1.29 is 23.1 Å². The van der Waals surface area contributed by atoms with Gasteiger partial charge >= 0.3 is 12.1 Å². The molecule has 3 aromatic rings. The van der Waals surface area contributed by atoms with Crippen LogP contribution in [-0.2, 0) is 6.18 Å². The largest absolute Gasteiger partial charge is 0.478 e. The monoisotopic (exact) mass is 365 g/mol. The summed E-state index contributed by atoms with van der Waals surface area (Å²) in [6.07, 6.45) is -4.58. The second-order valence-corrected chi connectivity index (χ2v) is 5.96. The van der Waals surface area contributed by atoms with E-state index >= 15 is 0 Å². The topological polar surface area (TPSA) is 50.2 Å². The van der Waals surface area contributed by atoms with Gasteiger partial charge in [-0.05, 0) is 36.8 Å². The van der Waals surface area contributed by atoms with Crippen LogP contribution in [0.15, 0.2) is 42.5 Å². The lowest BCUT2D eigenvalue weighted by Crippen LogP contribution is -2.08. The van der Waals surface area contributed by atoms with Gasteiger partial charge in [0.05, 0.1) is 22.3 Å². The number of aromatic carboxylic acids is 1. The van der Waals surface area contributed by atoms with Crippen LogP contribution in [-0.4, -0.2) is 16.1 Å². The summed E-state index contributed by atoms with van der Waals surface area (Å²) in [5.41, 5.74) is -0.364. The molecule has 0 aliphatic rings. The SMILES string of the molecule is Cc1cc(Cl)cc2c(C(=O)O)cc(-c3ccccc3C(F)(F)F)nc12. The van der Waals surface area contributed by atoms with E-state index < -0.39 is 17.7 Å². The molecule has 0 unspecified atom stereocenters. The Labute approximate surface area is 145 Å². The number of carbonyl (C=O) groups is 1. The fourth-order valence-corrected chi connectivity index (χ4v) is 3.00. The van der Waals surface area contributed by atoms with E-state index in [1.165, 1.54) is 24.3 Å². The van der Waals surface area contributed by atoms with E-state index in [4.69, 9.17) is 11.6 Å². The van der Waals surface area contributed by atoms with Crippen molar-refractivity contribution in [3.63, 3.8) is 0 Å². The van der Waals surface area contributed by atoms with Crippen LogP contribution in [0.3, 0.4) is 0 Å². The van der Waals surface area contributed by atoms with Crippen LogP contribution in [0, 0.1) is 6.92 Å². The molecule has 0 bridgehead atoms. The van der Waals surface area contributed by atoms with Crippen LogP contribution < -0.4 is 0 Å². The minimum absolute atomic E-state index is 0.0525. The summed E-state index contributed by atoms with van der Waals surface area (Å²) >= 11 is 5.97. The van der Waals surface area contributed by atoms with E-state index in [-0.39, 0.29) is 22.2 Å². The summed E-state index contributed by atoms with van der Waals surface area (Å²) in [6, 6.07) is 9.11. The zero-order chi connectivity index (χ0) is 18.4. The summed E-state index contributed by atoms with van der Waals surface area (Å²) in [5.74, 6) is -1.26. The molecule has 0 saturated carbocycles. The van der Waals surface area contributed by atoms with Gasteiger partial charge in [0, 0.05) is 16.0 Å². The quantitative estimate of drug-likeness (QED) is 0.645. The molecule has 0 saturated heterocycles. The molecule has 0 radical (unpaired) electrons. The number of carboxylic acid groups (broad SMARTS) is 1. The molecule has 0 spiro atoms. The van der Waals surface area contributed by atoms with E-state index in [2.05, 4.69) is 4.98 Å². The van der Waals surface area contributed by atoms with E-state index in [1.54, 1.807) is 13.0 Å². The molecule has 128 valence electrons. The highest BCUT2D eigenvalue weighted by molar-refractivity contribution is 6.31. The summed E-state index contributed by atoms with van der Waals surface area (Å²) in [4.78, 5) is 15.9. The summed E-state index contributed by atoms with van der Waals surface area (Å²) < 4.78 is 39.8. The van der Waals surface area contributed by atoms with Crippen molar-refractivity contribution in [2.45, 2.75) is 13.1 Å². The molecule has 0 aliphatic carbocycles. The zero-order valence-electron chi connectivity index (χ0n) is 12.9.